The summed E-state index contributed by atoms with van der Waals surface area (Å²) in [5.41, 5.74) is 3.77. The van der Waals surface area contributed by atoms with Crippen molar-refractivity contribution in [3.05, 3.63) is 58.6 Å². The van der Waals surface area contributed by atoms with Gasteiger partial charge in [-0.2, -0.15) is 5.10 Å². The smallest absolute Gasteiger partial charge is 0.259 e. The number of hydrogen-bond donors (Lipinski definition) is 3. The van der Waals surface area contributed by atoms with Crippen molar-refractivity contribution in [2.24, 2.45) is 5.10 Å². The predicted molar refractivity (Wildman–Crippen MR) is 86.5 cm³/mol. The zero-order valence-electron chi connectivity index (χ0n) is 11.1. The maximum absolute atomic E-state index is 11.6. The van der Waals surface area contributed by atoms with Gasteiger partial charge in [-0.25, -0.2) is 5.43 Å². The maximum Gasteiger partial charge on any atom is 0.259 e. The summed E-state index contributed by atoms with van der Waals surface area (Å²) in [6.45, 7) is 0.117. The Labute approximate surface area is 130 Å². The van der Waals surface area contributed by atoms with Crippen LogP contribution < -0.4 is 10.7 Å². The van der Waals surface area contributed by atoms with Crippen molar-refractivity contribution in [1.29, 1.82) is 0 Å². The van der Waals surface area contributed by atoms with Crippen molar-refractivity contribution in [2.45, 2.75) is 0 Å². The number of benzene rings is 2. The Kier molecular flexibility index (Phi) is 5.34. The van der Waals surface area contributed by atoms with E-state index in [1.807, 2.05) is 30.3 Å². The van der Waals surface area contributed by atoms with Gasteiger partial charge in [-0.1, -0.05) is 34.1 Å². The number of hydrazone groups is 1. The summed E-state index contributed by atoms with van der Waals surface area (Å²) in [5, 5.41) is 16.4. The molecule has 0 atom stereocenters. The number of aromatic hydroxyl groups is 1. The minimum atomic E-state index is -0.274. The lowest BCUT2D eigenvalue weighted by atomic mass is 10.2. The van der Waals surface area contributed by atoms with E-state index in [2.05, 4.69) is 31.8 Å². The Morgan fingerprint density at radius 2 is 2.00 bits per heavy atom. The van der Waals surface area contributed by atoms with Gasteiger partial charge in [-0.05, 0) is 30.3 Å². The van der Waals surface area contributed by atoms with Crippen molar-refractivity contribution in [3.63, 3.8) is 0 Å². The highest BCUT2D eigenvalue weighted by Gasteiger charge is 2.01. The van der Waals surface area contributed by atoms with Gasteiger partial charge in [0.05, 0.1) is 12.8 Å². The molecule has 0 spiro atoms. The highest BCUT2D eigenvalue weighted by molar-refractivity contribution is 9.10. The zero-order valence-corrected chi connectivity index (χ0v) is 12.7. The van der Waals surface area contributed by atoms with Gasteiger partial charge in [0.2, 0.25) is 0 Å². The highest BCUT2D eigenvalue weighted by atomic mass is 79.9. The lowest BCUT2D eigenvalue weighted by molar-refractivity contribution is -0.119. The number of hydrogen-bond acceptors (Lipinski definition) is 4. The maximum atomic E-state index is 11.6. The number of anilines is 1. The van der Waals surface area contributed by atoms with Crippen molar-refractivity contribution >= 4 is 33.7 Å². The molecule has 0 radical (unpaired) electrons. The third-order valence-electron chi connectivity index (χ3n) is 2.61. The van der Waals surface area contributed by atoms with Crippen LogP contribution in [-0.2, 0) is 4.79 Å². The van der Waals surface area contributed by atoms with E-state index >= 15 is 0 Å². The molecule has 6 heteroatoms. The van der Waals surface area contributed by atoms with Gasteiger partial charge in [0.15, 0.2) is 0 Å². The summed E-state index contributed by atoms with van der Waals surface area (Å²) in [4.78, 5) is 11.6. The molecule has 3 N–H and O–H groups in total. The Hall–Kier alpha value is -2.34. The number of amides is 1. The van der Waals surface area contributed by atoms with Crippen LogP contribution in [0.1, 0.15) is 5.56 Å². The Bertz CT molecular complexity index is 645. The first-order valence-electron chi connectivity index (χ1n) is 6.24. The molecule has 108 valence electrons. The summed E-state index contributed by atoms with van der Waals surface area (Å²) in [6.07, 6.45) is 1.39. The molecular weight excluding hydrogens is 334 g/mol. The van der Waals surface area contributed by atoms with E-state index in [1.165, 1.54) is 6.21 Å². The van der Waals surface area contributed by atoms with Crippen LogP contribution in [0.25, 0.3) is 0 Å². The molecule has 0 bridgehead atoms. The normalized spacial score (nSPS) is 10.5. The predicted octanol–water partition coefficient (Wildman–Crippen LogP) is 2.72. The topological polar surface area (TPSA) is 73.7 Å². The number of rotatable bonds is 5. The van der Waals surface area contributed by atoms with Crippen LogP contribution in [0, 0.1) is 0 Å². The second kappa shape index (κ2) is 7.44. The number of nitrogens with one attached hydrogen (secondary N) is 2. The summed E-state index contributed by atoms with van der Waals surface area (Å²) < 4.78 is 0.818. The molecule has 0 saturated carbocycles. The number of phenolic OH excluding ortho intramolecular Hbond substituents is 1. The molecule has 0 unspecified atom stereocenters. The number of nitrogens with zero attached hydrogens (tertiary/aromatic N) is 1. The van der Waals surface area contributed by atoms with Gasteiger partial charge < -0.3 is 10.4 Å². The molecule has 0 aromatic heterocycles. The van der Waals surface area contributed by atoms with E-state index in [4.69, 9.17) is 0 Å². The fourth-order valence-corrected chi connectivity index (χ4v) is 1.96. The molecule has 0 aliphatic heterocycles. The first-order chi connectivity index (χ1) is 10.1. The van der Waals surface area contributed by atoms with Gasteiger partial charge in [0.1, 0.15) is 5.75 Å². The third-order valence-corrected chi connectivity index (χ3v) is 3.10. The molecule has 0 heterocycles. The average Bonchev–Trinajstić information content (AvgIpc) is 2.50. The van der Waals surface area contributed by atoms with Crippen molar-refractivity contribution in [3.8, 4) is 5.75 Å². The molecule has 0 aliphatic carbocycles. The van der Waals surface area contributed by atoms with Crippen molar-refractivity contribution < 1.29 is 9.90 Å². The van der Waals surface area contributed by atoms with Crippen LogP contribution in [0.5, 0.6) is 5.75 Å². The Balaban J connectivity index is 1.83. The quantitative estimate of drug-likeness (QED) is 0.575. The van der Waals surface area contributed by atoms with Crippen LogP contribution >= 0.6 is 15.9 Å². The molecule has 2 aromatic rings. The molecule has 0 saturated heterocycles. The van der Waals surface area contributed by atoms with Crippen LogP contribution in [0.4, 0.5) is 5.69 Å². The summed E-state index contributed by atoms with van der Waals surface area (Å²) >= 11 is 3.30. The minimum absolute atomic E-state index is 0.0959. The fraction of sp³-hybridized carbons (Fsp3) is 0.0667. The SMILES string of the molecule is O=C(CNc1ccccc1)N/N=C/c1cc(Br)ccc1O. The zero-order chi connectivity index (χ0) is 15.1. The first kappa shape index (κ1) is 15.1. The van der Waals surface area contributed by atoms with Gasteiger partial charge in [0.25, 0.3) is 5.91 Å². The summed E-state index contributed by atoms with van der Waals surface area (Å²) in [5.74, 6) is -0.178. The molecule has 2 rings (SSSR count). The Morgan fingerprint density at radius 3 is 2.76 bits per heavy atom. The Morgan fingerprint density at radius 1 is 1.24 bits per heavy atom. The van der Waals surface area contributed by atoms with E-state index in [1.54, 1.807) is 18.2 Å². The van der Waals surface area contributed by atoms with Gasteiger partial charge >= 0.3 is 0 Å². The second-order valence-electron chi connectivity index (χ2n) is 4.22. The van der Waals surface area contributed by atoms with E-state index < -0.39 is 0 Å². The molecule has 0 fully saturated rings. The standard InChI is InChI=1S/C15H14BrN3O2/c16-12-6-7-14(20)11(8-12)9-18-19-15(21)10-17-13-4-2-1-3-5-13/h1-9,17,20H,10H2,(H,19,21)/b18-9+. The van der Waals surface area contributed by atoms with Crippen LogP contribution in [0.15, 0.2) is 58.1 Å². The molecule has 2 aromatic carbocycles. The lowest BCUT2D eigenvalue weighted by Crippen LogP contribution is -2.25. The monoisotopic (exact) mass is 347 g/mol. The second-order valence-corrected chi connectivity index (χ2v) is 5.13. The molecule has 1 amide bonds. The van der Waals surface area contributed by atoms with Gasteiger partial charge in [-0.3, -0.25) is 4.79 Å². The highest BCUT2D eigenvalue weighted by Crippen LogP contribution is 2.19. The van der Waals surface area contributed by atoms with Crippen molar-refractivity contribution in [2.75, 3.05) is 11.9 Å². The molecule has 5 nitrogen and oxygen atoms in total. The average molecular weight is 348 g/mol. The van der Waals surface area contributed by atoms with Crippen LogP contribution in [0.3, 0.4) is 0 Å². The largest absolute Gasteiger partial charge is 0.507 e. The number of carbonyl (C=O) groups is 1. The van der Waals surface area contributed by atoms with E-state index in [0.29, 0.717) is 5.56 Å². The third kappa shape index (κ3) is 4.92. The van der Waals surface area contributed by atoms with E-state index in [0.717, 1.165) is 10.2 Å². The minimum Gasteiger partial charge on any atom is -0.507 e. The first-order valence-corrected chi connectivity index (χ1v) is 7.04. The molecule has 0 aliphatic rings. The summed E-state index contributed by atoms with van der Waals surface area (Å²) in [7, 11) is 0. The number of phenols is 1. The molecular formula is C15H14BrN3O2. The van der Waals surface area contributed by atoms with Crippen LogP contribution in [-0.4, -0.2) is 23.8 Å². The van der Waals surface area contributed by atoms with Crippen LogP contribution in [0.2, 0.25) is 0 Å². The number of carbonyl (C=O) groups excluding carboxylic acids is 1. The van der Waals surface area contributed by atoms with Gasteiger partial charge in [-0.15, -0.1) is 0 Å². The van der Waals surface area contributed by atoms with E-state index in [9.17, 15) is 9.90 Å². The van der Waals surface area contributed by atoms with Gasteiger partial charge in [0, 0.05) is 15.7 Å². The lowest BCUT2D eigenvalue weighted by Gasteiger charge is -2.04. The van der Waals surface area contributed by atoms with Crippen molar-refractivity contribution in [1.82, 2.24) is 5.43 Å². The number of para-hydroxylation sites is 1. The number of halogens is 1. The summed E-state index contributed by atoms with van der Waals surface area (Å²) in [6, 6.07) is 14.4. The molecule has 21 heavy (non-hydrogen) atoms. The fourth-order valence-electron chi connectivity index (χ4n) is 1.58. The van der Waals surface area contributed by atoms with E-state index in [-0.39, 0.29) is 18.2 Å².